The third-order valence-corrected chi connectivity index (χ3v) is 6.04. The van der Waals surface area contributed by atoms with E-state index in [1.54, 1.807) is 31.3 Å². The normalized spacial score (nSPS) is 17.3. The second-order valence-electron chi connectivity index (χ2n) is 7.83. The molecule has 7 nitrogen and oxygen atoms in total. The lowest BCUT2D eigenvalue weighted by molar-refractivity contribution is 0.0962. The standard InChI is InChI=1S/C26H24N4O3/c1-32-20-12-8-11-19(15-20)25(31)29-22(18-9-4-3-5-10-18)16-23(30-26(29)27-17-28-30)21-13-6-7-14-24(21)33-2/h3-15,17,22-23H,16H2,1-2H3/t22-,23-/m1/s1. The van der Waals surface area contributed by atoms with E-state index in [0.717, 1.165) is 16.9 Å². The Labute approximate surface area is 192 Å². The van der Waals surface area contributed by atoms with Gasteiger partial charge >= 0.3 is 0 Å². The second kappa shape index (κ2) is 8.78. The number of amides is 1. The maximum atomic E-state index is 13.8. The predicted octanol–water partition coefficient (Wildman–Crippen LogP) is 4.68. The van der Waals surface area contributed by atoms with E-state index in [1.807, 2.05) is 71.4 Å². The van der Waals surface area contributed by atoms with Gasteiger partial charge in [-0.1, -0.05) is 54.6 Å². The Morgan fingerprint density at radius 1 is 0.909 bits per heavy atom. The van der Waals surface area contributed by atoms with E-state index in [9.17, 15) is 4.79 Å². The SMILES string of the molecule is COc1cccc(C(=O)N2c3ncnn3[C@@H](c3ccccc3OC)C[C@@H]2c2ccccc2)c1. The number of hydrogen-bond donors (Lipinski definition) is 0. The Morgan fingerprint density at radius 2 is 1.70 bits per heavy atom. The summed E-state index contributed by atoms with van der Waals surface area (Å²) in [6.45, 7) is 0. The monoisotopic (exact) mass is 440 g/mol. The molecule has 0 radical (unpaired) electrons. The van der Waals surface area contributed by atoms with Crippen LogP contribution in [-0.2, 0) is 0 Å². The molecule has 0 fully saturated rings. The molecular weight excluding hydrogens is 416 g/mol. The summed E-state index contributed by atoms with van der Waals surface area (Å²) in [5.74, 6) is 1.75. The topological polar surface area (TPSA) is 69.5 Å². The van der Waals surface area contributed by atoms with Crippen LogP contribution in [0, 0.1) is 0 Å². The zero-order valence-corrected chi connectivity index (χ0v) is 18.5. The maximum absolute atomic E-state index is 13.8. The Hall–Kier alpha value is -4.13. The summed E-state index contributed by atoms with van der Waals surface area (Å²) in [4.78, 5) is 20.1. The van der Waals surface area contributed by atoms with Gasteiger partial charge < -0.3 is 9.47 Å². The zero-order valence-electron chi connectivity index (χ0n) is 18.5. The van der Waals surface area contributed by atoms with Crippen molar-refractivity contribution in [1.82, 2.24) is 14.8 Å². The van der Waals surface area contributed by atoms with Gasteiger partial charge in [-0.2, -0.15) is 10.1 Å². The molecule has 0 saturated carbocycles. The third-order valence-electron chi connectivity index (χ3n) is 6.04. The minimum atomic E-state index is -0.239. The van der Waals surface area contributed by atoms with E-state index in [1.165, 1.54) is 6.33 Å². The number of carbonyl (C=O) groups excluding carboxylic acids is 1. The van der Waals surface area contributed by atoms with Crippen LogP contribution in [0.25, 0.3) is 0 Å². The summed E-state index contributed by atoms with van der Waals surface area (Å²) in [7, 11) is 3.25. The number of methoxy groups -OCH3 is 2. The molecular formula is C26H24N4O3. The van der Waals surface area contributed by atoms with Crippen LogP contribution in [0.5, 0.6) is 11.5 Å². The van der Waals surface area contributed by atoms with Crippen molar-refractivity contribution in [2.45, 2.75) is 18.5 Å². The van der Waals surface area contributed by atoms with Crippen molar-refractivity contribution in [3.63, 3.8) is 0 Å². The van der Waals surface area contributed by atoms with E-state index < -0.39 is 0 Å². The molecule has 0 unspecified atom stereocenters. The summed E-state index contributed by atoms with van der Waals surface area (Å²) in [6, 6.07) is 24.7. The van der Waals surface area contributed by atoms with Gasteiger partial charge in [-0.25, -0.2) is 4.68 Å². The number of nitrogens with zero attached hydrogens (tertiary/aromatic N) is 4. The Kier molecular flexibility index (Phi) is 5.52. The molecule has 4 aromatic rings. The van der Waals surface area contributed by atoms with Crippen molar-refractivity contribution < 1.29 is 14.3 Å². The summed E-state index contributed by atoms with van der Waals surface area (Å²) >= 11 is 0. The van der Waals surface area contributed by atoms with Gasteiger partial charge in [-0.3, -0.25) is 9.69 Å². The molecule has 0 N–H and O–H groups in total. The summed E-state index contributed by atoms with van der Waals surface area (Å²) in [6.07, 6.45) is 2.12. The van der Waals surface area contributed by atoms with Crippen molar-refractivity contribution in [3.8, 4) is 11.5 Å². The molecule has 0 aliphatic carbocycles. The lowest BCUT2D eigenvalue weighted by Crippen LogP contribution is -2.42. The van der Waals surface area contributed by atoms with E-state index in [0.29, 0.717) is 23.7 Å². The first-order chi connectivity index (χ1) is 16.2. The first kappa shape index (κ1) is 20.8. The number of fused-ring (bicyclic) bond motifs is 1. The van der Waals surface area contributed by atoms with Crippen molar-refractivity contribution in [2.75, 3.05) is 19.1 Å². The van der Waals surface area contributed by atoms with Crippen LogP contribution < -0.4 is 14.4 Å². The summed E-state index contributed by atoms with van der Waals surface area (Å²) in [5, 5.41) is 4.51. The lowest BCUT2D eigenvalue weighted by Gasteiger charge is -2.39. The van der Waals surface area contributed by atoms with Gasteiger partial charge in [0.15, 0.2) is 0 Å². The molecule has 2 atom stereocenters. The quantitative estimate of drug-likeness (QED) is 0.451. The highest BCUT2D eigenvalue weighted by atomic mass is 16.5. The van der Waals surface area contributed by atoms with Gasteiger partial charge in [0.2, 0.25) is 5.95 Å². The average Bonchev–Trinajstić information content (AvgIpc) is 3.38. The maximum Gasteiger partial charge on any atom is 0.261 e. The predicted molar refractivity (Wildman–Crippen MR) is 125 cm³/mol. The number of benzene rings is 3. The number of hydrogen-bond acceptors (Lipinski definition) is 5. The highest BCUT2D eigenvalue weighted by Crippen LogP contribution is 2.44. The van der Waals surface area contributed by atoms with Crippen LogP contribution >= 0.6 is 0 Å². The van der Waals surface area contributed by atoms with Crippen molar-refractivity contribution in [1.29, 1.82) is 0 Å². The van der Waals surface area contributed by atoms with Gasteiger partial charge in [-0.15, -0.1) is 0 Å². The highest BCUT2D eigenvalue weighted by Gasteiger charge is 2.40. The second-order valence-corrected chi connectivity index (χ2v) is 7.83. The molecule has 3 aromatic carbocycles. The first-order valence-electron chi connectivity index (χ1n) is 10.8. The minimum Gasteiger partial charge on any atom is -0.497 e. The molecule has 7 heteroatoms. The van der Waals surface area contributed by atoms with Gasteiger partial charge in [0.05, 0.1) is 26.3 Å². The van der Waals surface area contributed by atoms with Gasteiger partial charge in [0.25, 0.3) is 5.91 Å². The molecule has 33 heavy (non-hydrogen) atoms. The highest BCUT2D eigenvalue weighted by molar-refractivity contribution is 6.06. The minimum absolute atomic E-state index is 0.141. The molecule has 2 heterocycles. The molecule has 1 aliphatic rings. The van der Waals surface area contributed by atoms with Crippen LogP contribution in [0.2, 0.25) is 0 Å². The molecule has 1 aromatic heterocycles. The lowest BCUT2D eigenvalue weighted by atomic mass is 9.91. The molecule has 0 spiro atoms. The first-order valence-corrected chi connectivity index (χ1v) is 10.8. The molecule has 1 aliphatic heterocycles. The fourth-order valence-electron chi connectivity index (χ4n) is 4.48. The summed E-state index contributed by atoms with van der Waals surface area (Å²) in [5.41, 5.74) is 2.56. The molecule has 1 amide bonds. The van der Waals surface area contributed by atoms with E-state index in [4.69, 9.17) is 9.47 Å². The van der Waals surface area contributed by atoms with E-state index in [-0.39, 0.29) is 18.0 Å². The van der Waals surface area contributed by atoms with Crippen molar-refractivity contribution in [2.24, 2.45) is 0 Å². The van der Waals surface area contributed by atoms with Crippen molar-refractivity contribution >= 4 is 11.9 Å². The fraction of sp³-hybridized carbons (Fsp3) is 0.192. The molecule has 0 saturated heterocycles. The summed E-state index contributed by atoms with van der Waals surface area (Å²) < 4.78 is 12.8. The average molecular weight is 441 g/mol. The Balaban J connectivity index is 1.66. The van der Waals surface area contributed by atoms with Crippen LogP contribution in [-0.4, -0.2) is 34.9 Å². The van der Waals surface area contributed by atoms with Crippen LogP contribution in [0.4, 0.5) is 5.95 Å². The number of aromatic nitrogens is 3. The van der Waals surface area contributed by atoms with Gasteiger partial charge in [0, 0.05) is 11.1 Å². The van der Waals surface area contributed by atoms with Crippen LogP contribution in [0.3, 0.4) is 0 Å². The number of rotatable bonds is 5. The van der Waals surface area contributed by atoms with Crippen molar-refractivity contribution in [3.05, 3.63) is 102 Å². The molecule has 5 rings (SSSR count). The van der Waals surface area contributed by atoms with E-state index in [2.05, 4.69) is 10.1 Å². The molecule has 166 valence electrons. The largest absolute Gasteiger partial charge is 0.497 e. The fourth-order valence-corrected chi connectivity index (χ4v) is 4.48. The Bertz CT molecular complexity index is 1270. The van der Waals surface area contributed by atoms with E-state index >= 15 is 0 Å². The number of para-hydroxylation sites is 1. The number of carbonyl (C=O) groups is 1. The third kappa shape index (κ3) is 3.71. The Morgan fingerprint density at radius 3 is 2.48 bits per heavy atom. The zero-order chi connectivity index (χ0) is 22.8. The molecule has 0 bridgehead atoms. The van der Waals surface area contributed by atoms with Gasteiger partial charge in [-0.05, 0) is 36.2 Å². The smallest absolute Gasteiger partial charge is 0.261 e. The number of ether oxygens (including phenoxy) is 2. The number of anilines is 1. The van der Waals surface area contributed by atoms with Gasteiger partial charge in [0.1, 0.15) is 17.8 Å². The van der Waals surface area contributed by atoms with Crippen LogP contribution in [0.15, 0.2) is 85.2 Å². The van der Waals surface area contributed by atoms with Crippen LogP contribution in [0.1, 0.15) is 40.0 Å².